The summed E-state index contributed by atoms with van der Waals surface area (Å²) >= 11 is 0. The van der Waals surface area contributed by atoms with Crippen molar-refractivity contribution in [3.8, 4) is 0 Å². The SMILES string of the molecule is C/C(CC(=O)NCCc1ccccc1)=N/NC(=O)C12CC3CC(CC(C3)C1)C2. The maximum Gasteiger partial charge on any atom is 0.246 e. The van der Waals surface area contributed by atoms with Gasteiger partial charge in [0, 0.05) is 12.3 Å². The van der Waals surface area contributed by atoms with Crippen LogP contribution in [0.1, 0.15) is 57.4 Å². The first kappa shape index (κ1) is 19.2. The standard InChI is InChI=1S/C23H31N3O2/c1-16(9-21(27)24-8-7-17-5-3-2-4-6-17)25-26-22(28)23-13-18-10-19(14-23)12-20(11-18)15-23/h2-6,18-20H,7-15H2,1H3,(H,24,27)(H,26,28)/b25-16-. The molecule has 0 radical (unpaired) electrons. The smallest absolute Gasteiger partial charge is 0.246 e. The van der Waals surface area contributed by atoms with Crippen molar-refractivity contribution in [1.29, 1.82) is 0 Å². The van der Waals surface area contributed by atoms with Crippen LogP contribution in [-0.2, 0) is 16.0 Å². The van der Waals surface area contributed by atoms with E-state index in [1.54, 1.807) is 6.92 Å². The lowest BCUT2D eigenvalue weighted by Crippen LogP contribution is -2.52. The van der Waals surface area contributed by atoms with Crippen LogP contribution >= 0.6 is 0 Å². The van der Waals surface area contributed by atoms with Gasteiger partial charge in [-0.25, -0.2) is 5.43 Å². The first-order chi connectivity index (χ1) is 13.5. The average Bonchev–Trinajstić information content (AvgIpc) is 2.66. The van der Waals surface area contributed by atoms with Crippen molar-refractivity contribution in [1.82, 2.24) is 10.7 Å². The molecule has 28 heavy (non-hydrogen) atoms. The van der Waals surface area contributed by atoms with E-state index in [4.69, 9.17) is 0 Å². The second kappa shape index (κ2) is 8.06. The zero-order valence-electron chi connectivity index (χ0n) is 16.7. The molecule has 0 unspecified atom stereocenters. The normalized spacial score (nSPS) is 30.9. The molecular weight excluding hydrogens is 350 g/mol. The van der Waals surface area contributed by atoms with Crippen LogP contribution in [0.2, 0.25) is 0 Å². The molecule has 0 aromatic heterocycles. The molecule has 2 amide bonds. The predicted molar refractivity (Wildman–Crippen MR) is 110 cm³/mol. The van der Waals surface area contributed by atoms with Gasteiger partial charge in [0.25, 0.3) is 0 Å². The van der Waals surface area contributed by atoms with Crippen LogP contribution < -0.4 is 10.7 Å². The van der Waals surface area contributed by atoms with E-state index >= 15 is 0 Å². The third-order valence-corrected chi connectivity index (χ3v) is 6.86. The van der Waals surface area contributed by atoms with Crippen molar-refractivity contribution in [3.05, 3.63) is 35.9 Å². The monoisotopic (exact) mass is 381 g/mol. The number of nitrogens with one attached hydrogen (secondary N) is 2. The van der Waals surface area contributed by atoms with Crippen LogP contribution in [-0.4, -0.2) is 24.1 Å². The third-order valence-electron chi connectivity index (χ3n) is 6.86. The Hall–Kier alpha value is -2.17. The lowest BCUT2D eigenvalue weighted by atomic mass is 9.49. The maximum atomic E-state index is 12.9. The number of nitrogens with zero attached hydrogens (tertiary/aromatic N) is 1. The summed E-state index contributed by atoms with van der Waals surface area (Å²) in [6.45, 7) is 2.41. The first-order valence-corrected chi connectivity index (χ1v) is 10.7. The fourth-order valence-electron chi connectivity index (χ4n) is 5.98. The molecule has 4 aliphatic rings. The minimum absolute atomic E-state index is 0.0544. The van der Waals surface area contributed by atoms with Crippen molar-refractivity contribution in [2.24, 2.45) is 28.3 Å². The molecule has 0 heterocycles. The van der Waals surface area contributed by atoms with Gasteiger partial charge < -0.3 is 5.32 Å². The van der Waals surface area contributed by atoms with Gasteiger partial charge in [0.1, 0.15) is 0 Å². The van der Waals surface area contributed by atoms with E-state index in [0.717, 1.165) is 43.4 Å². The Morgan fingerprint density at radius 2 is 1.64 bits per heavy atom. The Kier molecular flexibility index (Phi) is 5.51. The van der Waals surface area contributed by atoms with Gasteiger partial charge in [0.15, 0.2) is 0 Å². The lowest BCUT2D eigenvalue weighted by molar-refractivity contribution is -0.146. The van der Waals surface area contributed by atoms with Gasteiger partial charge in [-0.3, -0.25) is 9.59 Å². The highest BCUT2D eigenvalue weighted by atomic mass is 16.2. The van der Waals surface area contributed by atoms with Gasteiger partial charge in [0.2, 0.25) is 11.8 Å². The lowest BCUT2D eigenvalue weighted by Gasteiger charge is -2.55. The number of carbonyl (C=O) groups excluding carboxylic acids is 2. The maximum absolute atomic E-state index is 12.9. The molecule has 4 aliphatic carbocycles. The largest absolute Gasteiger partial charge is 0.355 e. The van der Waals surface area contributed by atoms with Gasteiger partial charge in [-0.1, -0.05) is 30.3 Å². The molecule has 0 atom stereocenters. The van der Waals surface area contributed by atoms with Gasteiger partial charge in [0.05, 0.1) is 11.8 Å². The van der Waals surface area contributed by atoms with E-state index in [2.05, 4.69) is 28.0 Å². The van der Waals surface area contributed by atoms with E-state index in [-0.39, 0.29) is 23.7 Å². The van der Waals surface area contributed by atoms with Crippen molar-refractivity contribution < 1.29 is 9.59 Å². The molecule has 5 heteroatoms. The summed E-state index contributed by atoms with van der Waals surface area (Å²) in [5.74, 6) is 2.23. The van der Waals surface area contributed by atoms with Crippen LogP contribution in [0.3, 0.4) is 0 Å². The molecule has 2 N–H and O–H groups in total. The summed E-state index contributed by atoms with van der Waals surface area (Å²) in [6.07, 6.45) is 8.06. The molecule has 0 saturated heterocycles. The fourth-order valence-corrected chi connectivity index (χ4v) is 5.98. The van der Waals surface area contributed by atoms with Gasteiger partial charge in [-0.05, 0) is 75.2 Å². The fraction of sp³-hybridized carbons (Fsp3) is 0.609. The molecular formula is C23H31N3O2. The highest BCUT2D eigenvalue weighted by Gasteiger charge is 2.54. The van der Waals surface area contributed by atoms with Crippen LogP contribution in [0.5, 0.6) is 0 Å². The van der Waals surface area contributed by atoms with Crippen LogP contribution in [0.25, 0.3) is 0 Å². The summed E-state index contributed by atoms with van der Waals surface area (Å²) in [5, 5.41) is 7.17. The van der Waals surface area contributed by atoms with Gasteiger partial charge in [-0.15, -0.1) is 0 Å². The molecule has 1 aromatic carbocycles. The number of hydrogen-bond donors (Lipinski definition) is 2. The Morgan fingerprint density at radius 3 is 2.25 bits per heavy atom. The molecule has 5 rings (SSSR count). The molecule has 5 nitrogen and oxygen atoms in total. The highest BCUT2D eigenvalue weighted by Crippen LogP contribution is 2.60. The van der Waals surface area contributed by atoms with Gasteiger partial charge in [-0.2, -0.15) is 5.10 Å². The number of benzene rings is 1. The van der Waals surface area contributed by atoms with Crippen LogP contribution in [0, 0.1) is 23.2 Å². The van der Waals surface area contributed by atoms with Crippen molar-refractivity contribution in [2.75, 3.05) is 6.54 Å². The number of amides is 2. The van der Waals surface area contributed by atoms with Crippen LogP contribution in [0.4, 0.5) is 0 Å². The summed E-state index contributed by atoms with van der Waals surface area (Å²) in [6, 6.07) is 10.1. The quantitative estimate of drug-likeness (QED) is 0.561. The van der Waals surface area contributed by atoms with Crippen molar-refractivity contribution in [2.45, 2.75) is 58.3 Å². The van der Waals surface area contributed by atoms with E-state index < -0.39 is 0 Å². The first-order valence-electron chi connectivity index (χ1n) is 10.7. The Labute approximate surface area is 167 Å². The van der Waals surface area contributed by atoms with E-state index in [0.29, 0.717) is 12.3 Å². The van der Waals surface area contributed by atoms with E-state index in [9.17, 15) is 9.59 Å². The number of rotatable bonds is 7. The minimum atomic E-state index is -0.198. The Balaban J connectivity index is 1.23. The number of carbonyl (C=O) groups is 2. The molecule has 4 bridgehead atoms. The van der Waals surface area contributed by atoms with Gasteiger partial charge >= 0.3 is 0 Å². The summed E-state index contributed by atoms with van der Waals surface area (Å²) in [5.41, 5.74) is 4.45. The zero-order chi connectivity index (χ0) is 19.6. The van der Waals surface area contributed by atoms with Crippen molar-refractivity contribution >= 4 is 17.5 Å². The summed E-state index contributed by atoms with van der Waals surface area (Å²) in [4.78, 5) is 25.0. The molecule has 0 aliphatic heterocycles. The Bertz CT molecular complexity index is 721. The zero-order valence-corrected chi connectivity index (χ0v) is 16.7. The predicted octanol–water partition coefficient (Wildman–Crippen LogP) is 3.44. The van der Waals surface area contributed by atoms with E-state index in [1.165, 1.54) is 24.8 Å². The van der Waals surface area contributed by atoms with Crippen molar-refractivity contribution in [3.63, 3.8) is 0 Å². The number of hydrogen-bond acceptors (Lipinski definition) is 3. The average molecular weight is 382 g/mol. The summed E-state index contributed by atoms with van der Waals surface area (Å²) < 4.78 is 0. The molecule has 150 valence electrons. The highest BCUT2D eigenvalue weighted by molar-refractivity contribution is 6.00. The molecule has 4 saturated carbocycles. The molecule has 1 aromatic rings. The third kappa shape index (κ3) is 4.29. The second-order valence-electron chi connectivity index (χ2n) is 9.25. The number of hydrazone groups is 1. The van der Waals surface area contributed by atoms with E-state index in [1.807, 2.05) is 18.2 Å². The van der Waals surface area contributed by atoms with Crippen LogP contribution in [0.15, 0.2) is 35.4 Å². The summed E-state index contributed by atoms with van der Waals surface area (Å²) in [7, 11) is 0. The molecule has 0 spiro atoms. The minimum Gasteiger partial charge on any atom is -0.355 e. The molecule has 4 fully saturated rings. The topological polar surface area (TPSA) is 70.6 Å². The Morgan fingerprint density at radius 1 is 1.04 bits per heavy atom. The second-order valence-corrected chi connectivity index (χ2v) is 9.25.